The molecule has 1 fully saturated rings. The van der Waals surface area contributed by atoms with Crippen LogP contribution in [0.3, 0.4) is 0 Å². The van der Waals surface area contributed by atoms with Gasteiger partial charge in [0.2, 0.25) is 0 Å². The van der Waals surface area contributed by atoms with Gasteiger partial charge < -0.3 is 19.7 Å². The van der Waals surface area contributed by atoms with Gasteiger partial charge in [-0.25, -0.2) is 4.79 Å². The van der Waals surface area contributed by atoms with E-state index < -0.39 is 36.4 Å². The highest BCUT2D eigenvalue weighted by Crippen LogP contribution is 2.36. The predicted molar refractivity (Wildman–Crippen MR) is 83.8 cm³/mol. The molecule has 0 unspecified atom stereocenters. The average molecular weight is 359 g/mol. The maximum absolute atomic E-state index is 12.4. The standard InChI is InChI=1S/C15H17BF3NO5/c1-13(2)14(3,4)25-16(24-13)9-5-8(11(21)22)6-10(7-9)20-12(23)15(17,18)19/h5-7H,1-4H3,(H,20,23)(H,21,22). The monoisotopic (exact) mass is 359 g/mol. The lowest BCUT2D eigenvalue weighted by Gasteiger charge is -2.32. The Morgan fingerprint density at radius 3 is 2.04 bits per heavy atom. The number of hydrogen-bond acceptors (Lipinski definition) is 4. The van der Waals surface area contributed by atoms with E-state index in [1.165, 1.54) is 12.1 Å². The van der Waals surface area contributed by atoms with Crippen LogP contribution in [0, 0.1) is 0 Å². The van der Waals surface area contributed by atoms with Crippen LogP contribution in [0.2, 0.25) is 0 Å². The van der Waals surface area contributed by atoms with E-state index in [9.17, 15) is 22.8 Å². The number of rotatable bonds is 3. The molecule has 25 heavy (non-hydrogen) atoms. The number of hydrogen-bond donors (Lipinski definition) is 2. The molecular weight excluding hydrogens is 342 g/mol. The van der Waals surface area contributed by atoms with E-state index in [4.69, 9.17) is 14.4 Å². The quantitative estimate of drug-likeness (QED) is 0.809. The fourth-order valence-electron chi connectivity index (χ4n) is 2.16. The second kappa shape index (κ2) is 6.03. The Kier molecular flexibility index (Phi) is 4.64. The van der Waals surface area contributed by atoms with Crippen LogP contribution in [0.15, 0.2) is 18.2 Å². The summed E-state index contributed by atoms with van der Waals surface area (Å²) in [5, 5.41) is 10.8. The fourth-order valence-corrected chi connectivity index (χ4v) is 2.16. The third-order valence-electron chi connectivity index (χ3n) is 4.24. The van der Waals surface area contributed by atoms with Crippen molar-refractivity contribution in [2.45, 2.75) is 45.1 Å². The van der Waals surface area contributed by atoms with Gasteiger partial charge in [-0.05, 0) is 51.4 Å². The zero-order valence-corrected chi connectivity index (χ0v) is 14.0. The molecule has 1 aliphatic heterocycles. The van der Waals surface area contributed by atoms with Gasteiger partial charge in [0.05, 0.1) is 16.8 Å². The van der Waals surface area contributed by atoms with Gasteiger partial charge in [-0.15, -0.1) is 0 Å². The van der Waals surface area contributed by atoms with E-state index in [-0.39, 0.29) is 16.7 Å². The largest absolute Gasteiger partial charge is 0.494 e. The summed E-state index contributed by atoms with van der Waals surface area (Å²) in [6.07, 6.45) is -5.09. The SMILES string of the molecule is CC1(C)OB(c2cc(NC(=O)C(F)(F)F)cc(C(=O)O)c2)OC1(C)C. The first-order chi connectivity index (χ1) is 11.2. The minimum absolute atomic E-state index is 0.191. The molecule has 0 atom stereocenters. The van der Waals surface area contributed by atoms with Gasteiger partial charge in [-0.2, -0.15) is 13.2 Å². The highest BCUT2D eigenvalue weighted by molar-refractivity contribution is 6.62. The van der Waals surface area contributed by atoms with Crippen molar-refractivity contribution in [3.8, 4) is 0 Å². The van der Waals surface area contributed by atoms with Gasteiger partial charge >= 0.3 is 25.2 Å². The fraction of sp³-hybridized carbons (Fsp3) is 0.467. The molecule has 0 aliphatic carbocycles. The Labute approximate surface area is 142 Å². The summed E-state index contributed by atoms with van der Waals surface area (Å²) in [5.41, 5.74) is -1.86. The number of halogens is 3. The van der Waals surface area contributed by atoms with Crippen molar-refractivity contribution in [2.24, 2.45) is 0 Å². The minimum atomic E-state index is -5.09. The number of alkyl halides is 3. The van der Waals surface area contributed by atoms with Crippen LogP contribution in [0.4, 0.5) is 18.9 Å². The number of benzene rings is 1. The Hall–Kier alpha value is -2.07. The molecule has 10 heteroatoms. The molecule has 0 saturated carbocycles. The number of amides is 1. The first kappa shape index (κ1) is 19.3. The Balaban J connectivity index is 2.39. The molecule has 6 nitrogen and oxygen atoms in total. The van der Waals surface area contributed by atoms with Gasteiger partial charge in [-0.3, -0.25) is 4.79 Å². The second-order valence-corrected chi connectivity index (χ2v) is 6.69. The first-order valence-electron chi connectivity index (χ1n) is 7.35. The molecule has 1 heterocycles. The lowest BCUT2D eigenvalue weighted by Crippen LogP contribution is -2.41. The number of aromatic carboxylic acids is 1. The lowest BCUT2D eigenvalue weighted by molar-refractivity contribution is -0.167. The third-order valence-corrected chi connectivity index (χ3v) is 4.24. The molecule has 1 aliphatic rings. The molecule has 2 N–H and O–H groups in total. The van der Waals surface area contributed by atoms with Crippen LogP contribution in [0.1, 0.15) is 38.1 Å². The average Bonchev–Trinajstić information content (AvgIpc) is 2.66. The normalized spacial score (nSPS) is 18.9. The number of carboxylic acid groups (broad SMARTS) is 1. The summed E-state index contributed by atoms with van der Waals surface area (Å²) in [5.74, 6) is -3.56. The Bertz CT molecular complexity index is 702. The van der Waals surface area contributed by atoms with E-state index in [2.05, 4.69) is 0 Å². The molecule has 0 radical (unpaired) electrons. The lowest BCUT2D eigenvalue weighted by atomic mass is 9.78. The summed E-state index contributed by atoms with van der Waals surface area (Å²) < 4.78 is 48.8. The predicted octanol–water partition coefficient (Wildman–Crippen LogP) is 2.18. The highest BCUT2D eigenvalue weighted by Gasteiger charge is 2.52. The summed E-state index contributed by atoms with van der Waals surface area (Å²) >= 11 is 0. The Morgan fingerprint density at radius 1 is 1.08 bits per heavy atom. The zero-order chi connectivity index (χ0) is 19.2. The minimum Gasteiger partial charge on any atom is -0.478 e. The van der Waals surface area contributed by atoms with Crippen molar-refractivity contribution in [2.75, 3.05) is 5.32 Å². The topological polar surface area (TPSA) is 84.9 Å². The van der Waals surface area contributed by atoms with Gasteiger partial charge in [0.15, 0.2) is 0 Å². The summed E-state index contributed by atoms with van der Waals surface area (Å²) in [7, 11) is -0.981. The smallest absolute Gasteiger partial charge is 0.478 e. The third kappa shape index (κ3) is 3.96. The van der Waals surface area contributed by atoms with Crippen LogP contribution in [0.5, 0.6) is 0 Å². The van der Waals surface area contributed by atoms with Crippen molar-refractivity contribution < 1.29 is 37.2 Å². The van der Waals surface area contributed by atoms with Gasteiger partial charge in [0.25, 0.3) is 0 Å². The van der Waals surface area contributed by atoms with E-state index in [0.717, 1.165) is 6.07 Å². The maximum atomic E-state index is 12.4. The molecule has 1 amide bonds. The van der Waals surface area contributed by atoms with E-state index >= 15 is 0 Å². The van der Waals surface area contributed by atoms with E-state index in [0.29, 0.717) is 0 Å². The van der Waals surface area contributed by atoms with Gasteiger partial charge in [-0.1, -0.05) is 0 Å². The van der Waals surface area contributed by atoms with Gasteiger partial charge in [0.1, 0.15) is 0 Å². The van der Waals surface area contributed by atoms with E-state index in [1.54, 1.807) is 33.0 Å². The highest BCUT2D eigenvalue weighted by atomic mass is 19.4. The van der Waals surface area contributed by atoms with E-state index in [1.807, 2.05) is 0 Å². The number of carboxylic acids is 1. The molecule has 0 spiro atoms. The second-order valence-electron chi connectivity index (χ2n) is 6.69. The molecular formula is C15H17BF3NO5. The number of anilines is 1. The summed E-state index contributed by atoms with van der Waals surface area (Å²) in [6.45, 7) is 7.11. The van der Waals surface area contributed by atoms with Crippen LogP contribution in [-0.2, 0) is 14.1 Å². The number of carbonyl (C=O) groups excluding carboxylic acids is 1. The van der Waals surface area contributed by atoms with Crippen molar-refractivity contribution in [3.05, 3.63) is 23.8 Å². The molecule has 1 aromatic carbocycles. The Morgan fingerprint density at radius 2 is 1.60 bits per heavy atom. The molecule has 136 valence electrons. The van der Waals surface area contributed by atoms with Gasteiger partial charge in [0, 0.05) is 5.69 Å². The summed E-state index contributed by atoms with van der Waals surface area (Å²) in [4.78, 5) is 22.3. The van der Waals surface area contributed by atoms with Crippen LogP contribution < -0.4 is 10.8 Å². The first-order valence-corrected chi connectivity index (χ1v) is 7.35. The van der Waals surface area contributed by atoms with Crippen molar-refractivity contribution >= 4 is 30.1 Å². The molecule has 1 saturated heterocycles. The summed E-state index contributed by atoms with van der Waals surface area (Å²) in [6, 6.07) is 3.35. The van der Waals surface area contributed by atoms with Crippen LogP contribution >= 0.6 is 0 Å². The number of nitrogens with one attached hydrogen (secondary N) is 1. The zero-order valence-electron chi connectivity index (χ0n) is 14.0. The van der Waals surface area contributed by atoms with Crippen LogP contribution in [0.25, 0.3) is 0 Å². The molecule has 0 aromatic heterocycles. The van der Waals surface area contributed by atoms with Crippen molar-refractivity contribution in [1.29, 1.82) is 0 Å². The van der Waals surface area contributed by atoms with Crippen molar-refractivity contribution in [1.82, 2.24) is 0 Å². The molecule has 2 rings (SSSR count). The molecule has 1 aromatic rings. The van der Waals surface area contributed by atoms with Crippen molar-refractivity contribution in [3.63, 3.8) is 0 Å². The van der Waals surface area contributed by atoms with Crippen LogP contribution in [-0.4, -0.2) is 41.5 Å². The maximum Gasteiger partial charge on any atom is 0.494 e. The number of carbonyl (C=O) groups is 2. The molecule has 0 bridgehead atoms.